The average molecular weight is 619 g/mol. The molecule has 1 N–H and O–H groups in total. The Morgan fingerprint density at radius 3 is 2.12 bits per heavy atom. The van der Waals surface area contributed by atoms with Gasteiger partial charge in [-0.2, -0.15) is 0 Å². The second-order valence-electron chi connectivity index (χ2n) is 10.6. The zero-order chi connectivity index (χ0) is 30.3. The minimum atomic E-state index is -3.86. The number of nitrogens with one attached hydrogen (secondary N) is 1. The molecule has 1 atom stereocenters. The SMILES string of the molecule is Cc1cccc(C)c1N(CC(=O)N(Cc1ccc(Cl)cc1Cl)[C@H](Cc1ccccc1)C(=O)NCC(C)C)S(C)(=O)=O. The number of benzene rings is 3. The Hall–Kier alpha value is -3.07. The van der Waals surface area contributed by atoms with Crippen LogP contribution in [0.3, 0.4) is 0 Å². The second kappa shape index (κ2) is 14.2. The van der Waals surface area contributed by atoms with Crippen molar-refractivity contribution in [2.24, 2.45) is 5.92 Å². The van der Waals surface area contributed by atoms with Crippen LogP contribution in [0.25, 0.3) is 0 Å². The van der Waals surface area contributed by atoms with Gasteiger partial charge in [-0.05, 0) is 54.2 Å². The molecular weight excluding hydrogens is 581 g/mol. The van der Waals surface area contributed by atoms with E-state index in [1.165, 1.54) is 4.90 Å². The number of nitrogens with zero attached hydrogens (tertiary/aromatic N) is 2. The highest BCUT2D eigenvalue weighted by molar-refractivity contribution is 7.92. The first kappa shape index (κ1) is 32.4. The van der Waals surface area contributed by atoms with Gasteiger partial charge in [0.05, 0.1) is 11.9 Å². The molecule has 0 heterocycles. The van der Waals surface area contributed by atoms with Crippen LogP contribution in [0, 0.1) is 19.8 Å². The van der Waals surface area contributed by atoms with Crippen LogP contribution in [-0.2, 0) is 32.6 Å². The van der Waals surface area contributed by atoms with Gasteiger partial charge in [0, 0.05) is 29.6 Å². The standard InChI is InChI=1S/C31H37Cl2N3O4S/c1-21(2)18-34-31(38)28(16-24-12-7-6-8-13-24)35(19-25-14-15-26(32)17-27(25)33)29(37)20-36(41(5,39)40)30-22(3)10-9-11-23(30)4/h6-15,17,21,28H,16,18-20H2,1-5H3,(H,34,38)/t28-/m1/s1. The van der Waals surface area contributed by atoms with Crippen molar-refractivity contribution in [1.82, 2.24) is 10.2 Å². The Bertz CT molecular complexity index is 1460. The van der Waals surface area contributed by atoms with E-state index in [4.69, 9.17) is 23.2 Å². The Morgan fingerprint density at radius 2 is 1.56 bits per heavy atom. The van der Waals surface area contributed by atoms with E-state index in [1.807, 2.05) is 50.2 Å². The number of aryl methyl sites for hydroxylation is 2. The molecule has 0 unspecified atom stereocenters. The van der Waals surface area contributed by atoms with E-state index >= 15 is 0 Å². The fourth-order valence-electron chi connectivity index (χ4n) is 4.58. The number of anilines is 1. The molecule has 0 radical (unpaired) electrons. The maximum atomic E-state index is 14.2. The van der Waals surface area contributed by atoms with Crippen molar-refractivity contribution < 1.29 is 18.0 Å². The summed E-state index contributed by atoms with van der Waals surface area (Å²) in [5.41, 5.74) is 3.30. The molecule has 0 bridgehead atoms. The number of halogens is 2. The van der Waals surface area contributed by atoms with Gasteiger partial charge in [-0.25, -0.2) is 8.42 Å². The van der Waals surface area contributed by atoms with E-state index in [1.54, 1.807) is 44.2 Å². The molecule has 0 saturated carbocycles. The Kier molecular flexibility index (Phi) is 11.2. The third kappa shape index (κ3) is 8.96. The smallest absolute Gasteiger partial charge is 0.244 e. The van der Waals surface area contributed by atoms with Crippen LogP contribution in [0.2, 0.25) is 10.0 Å². The van der Waals surface area contributed by atoms with E-state index < -0.39 is 28.5 Å². The topological polar surface area (TPSA) is 86.8 Å². The van der Waals surface area contributed by atoms with Crippen molar-refractivity contribution in [3.63, 3.8) is 0 Å². The molecule has 0 aliphatic heterocycles. The molecule has 0 aliphatic carbocycles. The second-order valence-corrected chi connectivity index (χ2v) is 13.4. The predicted molar refractivity (Wildman–Crippen MR) is 167 cm³/mol. The maximum absolute atomic E-state index is 14.2. The summed E-state index contributed by atoms with van der Waals surface area (Å²) in [6.07, 6.45) is 1.30. The van der Waals surface area contributed by atoms with E-state index in [0.29, 0.717) is 39.0 Å². The Labute approximate surface area is 253 Å². The lowest BCUT2D eigenvalue weighted by atomic mass is 10.0. The number of hydrogen-bond donors (Lipinski definition) is 1. The number of para-hydroxylation sites is 1. The first-order chi connectivity index (χ1) is 19.3. The molecule has 2 amide bonds. The van der Waals surface area contributed by atoms with Gasteiger partial charge < -0.3 is 10.2 Å². The van der Waals surface area contributed by atoms with Crippen LogP contribution in [0.4, 0.5) is 5.69 Å². The number of carbonyl (C=O) groups excluding carboxylic acids is 2. The van der Waals surface area contributed by atoms with Crippen LogP contribution in [-0.4, -0.2) is 50.5 Å². The van der Waals surface area contributed by atoms with Gasteiger partial charge in [0.1, 0.15) is 12.6 Å². The summed E-state index contributed by atoms with van der Waals surface area (Å²) in [7, 11) is -3.86. The lowest BCUT2D eigenvalue weighted by Crippen LogP contribution is -2.53. The van der Waals surface area contributed by atoms with Crippen molar-refractivity contribution in [3.05, 3.63) is 99.0 Å². The lowest BCUT2D eigenvalue weighted by Gasteiger charge is -2.34. The highest BCUT2D eigenvalue weighted by Gasteiger charge is 2.34. The minimum Gasteiger partial charge on any atom is -0.354 e. The van der Waals surface area contributed by atoms with Gasteiger partial charge in [-0.3, -0.25) is 13.9 Å². The molecule has 10 heteroatoms. The lowest BCUT2D eigenvalue weighted by molar-refractivity contribution is -0.140. The summed E-state index contributed by atoms with van der Waals surface area (Å²) in [5, 5.41) is 3.74. The molecule has 0 aromatic heterocycles. The zero-order valence-corrected chi connectivity index (χ0v) is 26.4. The van der Waals surface area contributed by atoms with Crippen molar-refractivity contribution in [2.45, 2.75) is 46.7 Å². The normalized spacial score (nSPS) is 12.2. The van der Waals surface area contributed by atoms with Gasteiger partial charge in [-0.15, -0.1) is 0 Å². The van der Waals surface area contributed by atoms with E-state index in [9.17, 15) is 18.0 Å². The molecule has 41 heavy (non-hydrogen) atoms. The van der Waals surface area contributed by atoms with Crippen LogP contribution in [0.5, 0.6) is 0 Å². The van der Waals surface area contributed by atoms with Gasteiger partial charge in [0.2, 0.25) is 21.8 Å². The van der Waals surface area contributed by atoms with Gasteiger partial charge in [0.15, 0.2) is 0 Å². The monoisotopic (exact) mass is 617 g/mol. The summed E-state index contributed by atoms with van der Waals surface area (Å²) in [5.74, 6) is -0.681. The fraction of sp³-hybridized carbons (Fsp3) is 0.355. The molecule has 220 valence electrons. The summed E-state index contributed by atoms with van der Waals surface area (Å²) in [4.78, 5) is 29.3. The van der Waals surface area contributed by atoms with Crippen LogP contribution in [0.15, 0.2) is 66.7 Å². The quantitative estimate of drug-likeness (QED) is 0.279. The summed E-state index contributed by atoms with van der Waals surface area (Å²) < 4.78 is 27.2. The largest absolute Gasteiger partial charge is 0.354 e. The van der Waals surface area contributed by atoms with E-state index in [0.717, 1.165) is 16.1 Å². The van der Waals surface area contributed by atoms with E-state index in [-0.39, 0.29) is 24.8 Å². The summed E-state index contributed by atoms with van der Waals surface area (Å²) in [6, 6.07) is 18.8. The van der Waals surface area contributed by atoms with E-state index in [2.05, 4.69) is 5.32 Å². The number of carbonyl (C=O) groups is 2. The maximum Gasteiger partial charge on any atom is 0.244 e. The molecule has 0 spiro atoms. The van der Waals surface area contributed by atoms with Gasteiger partial charge in [0.25, 0.3) is 0 Å². The van der Waals surface area contributed by atoms with Gasteiger partial charge in [-0.1, -0.05) is 91.6 Å². The predicted octanol–water partition coefficient (Wildman–Crippen LogP) is 5.79. The third-order valence-corrected chi connectivity index (χ3v) is 8.38. The Balaban J connectivity index is 2.11. The molecule has 0 saturated heterocycles. The summed E-state index contributed by atoms with van der Waals surface area (Å²) in [6.45, 7) is 7.48. The number of amides is 2. The molecular formula is C31H37Cl2N3O4S. The first-order valence-corrected chi connectivity index (χ1v) is 16.0. The minimum absolute atomic E-state index is 0.0220. The molecule has 3 aromatic rings. The molecule has 0 aliphatic rings. The molecule has 3 aromatic carbocycles. The van der Waals surface area contributed by atoms with Crippen LogP contribution in [0.1, 0.15) is 36.1 Å². The molecule has 7 nitrogen and oxygen atoms in total. The molecule has 3 rings (SSSR count). The van der Waals surface area contributed by atoms with Crippen molar-refractivity contribution in [2.75, 3.05) is 23.7 Å². The highest BCUT2D eigenvalue weighted by Crippen LogP contribution is 2.28. The van der Waals surface area contributed by atoms with Gasteiger partial charge >= 0.3 is 0 Å². The first-order valence-electron chi connectivity index (χ1n) is 13.4. The van der Waals surface area contributed by atoms with Crippen molar-refractivity contribution in [3.8, 4) is 0 Å². The number of sulfonamides is 1. The van der Waals surface area contributed by atoms with Crippen LogP contribution < -0.4 is 9.62 Å². The Morgan fingerprint density at radius 1 is 0.927 bits per heavy atom. The zero-order valence-electron chi connectivity index (χ0n) is 24.0. The van der Waals surface area contributed by atoms with Crippen molar-refractivity contribution >= 4 is 50.7 Å². The fourth-order valence-corrected chi connectivity index (χ4v) is 6.02. The highest BCUT2D eigenvalue weighted by atomic mass is 35.5. The third-order valence-electron chi connectivity index (χ3n) is 6.68. The average Bonchev–Trinajstić information content (AvgIpc) is 2.89. The van der Waals surface area contributed by atoms with Crippen molar-refractivity contribution in [1.29, 1.82) is 0 Å². The number of hydrogen-bond acceptors (Lipinski definition) is 4. The van der Waals surface area contributed by atoms with Crippen LogP contribution >= 0.6 is 23.2 Å². The number of rotatable bonds is 12. The molecule has 0 fully saturated rings. The summed E-state index contributed by atoms with van der Waals surface area (Å²) >= 11 is 12.6.